The summed E-state index contributed by atoms with van der Waals surface area (Å²) in [7, 11) is 0. The van der Waals surface area contributed by atoms with Crippen molar-refractivity contribution in [1.29, 1.82) is 0 Å². The zero-order valence-corrected chi connectivity index (χ0v) is 13.6. The van der Waals surface area contributed by atoms with Crippen LogP contribution in [0.3, 0.4) is 0 Å². The lowest BCUT2D eigenvalue weighted by Crippen LogP contribution is -2.51. The van der Waals surface area contributed by atoms with Crippen molar-refractivity contribution < 1.29 is 22.7 Å². The van der Waals surface area contributed by atoms with Crippen molar-refractivity contribution in [3.05, 3.63) is 18.0 Å². The highest BCUT2D eigenvalue weighted by Crippen LogP contribution is 2.28. The van der Waals surface area contributed by atoms with E-state index in [0.29, 0.717) is 52.2 Å². The Morgan fingerprint density at radius 3 is 2.44 bits per heavy atom. The number of carbonyl (C=O) groups is 1. The third-order valence-electron chi connectivity index (χ3n) is 4.33. The fourth-order valence-corrected chi connectivity index (χ4v) is 2.94. The number of carbonyl (C=O) groups excluding carboxylic acids is 1. The number of urea groups is 1. The molecule has 0 unspecified atom stereocenters. The molecule has 0 spiro atoms. The number of morpholine rings is 1. The Bertz CT molecular complexity index is 599. The van der Waals surface area contributed by atoms with E-state index >= 15 is 0 Å². The van der Waals surface area contributed by atoms with Crippen molar-refractivity contribution in [1.82, 2.24) is 19.8 Å². The van der Waals surface area contributed by atoms with Crippen LogP contribution in [-0.4, -0.2) is 71.2 Å². The molecule has 0 aliphatic carbocycles. The Kier molecular flexibility index (Phi) is 5.26. The van der Waals surface area contributed by atoms with Crippen LogP contribution in [-0.2, 0) is 10.9 Å². The van der Waals surface area contributed by atoms with E-state index < -0.39 is 11.9 Å². The van der Waals surface area contributed by atoms with Crippen molar-refractivity contribution in [2.75, 3.05) is 44.7 Å². The minimum absolute atomic E-state index is 0.00271. The Balaban J connectivity index is 1.52. The van der Waals surface area contributed by atoms with E-state index in [1.165, 1.54) is 0 Å². The molecule has 10 heteroatoms. The SMILES string of the molecule is O=C(N1CCOCC1)N1CCC(Nc2nccc(C(F)(F)F)n2)CC1. The first-order valence-corrected chi connectivity index (χ1v) is 8.22. The number of amides is 2. The molecule has 7 nitrogen and oxygen atoms in total. The van der Waals surface area contributed by atoms with Crippen molar-refractivity contribution in [3.8, 4) is 0 Å². The lowest BCUT2D eigenvalue weighted by molar-refractivity contribution is -0.141. The highest BCUT2D eigenvalue weighted by Gasteiger charge is 2.33. The van der Waals surface area contributed by atoms with Crippen LogP contribution in [0.2, 0.25) is 0 Å². The average Bonchev–Trinajstić information content (AvgIpc) is 2.62. The first-order valence-electron chi connectivity index (χ1n) is 8.22. The van der Waals surface area contributed by atoms with Crippen LogP contribution < -0.4 is 5.32 Å². The molecule has 0 aromatic carbocycles. The first-order chi connectivity index (χ1) is 11.9. The molecule has 2 amide bonds. The number of anilines is 1. The van der Waals surface area contributed by atoms with Crippen molar-refractivity contribution in [2.45, 2.75) is 25.1 Å². The molecular weight excluding hydrogens is 339 g/mol. The molecule has 2 fully saturated rings. The predicted molar refractivity (Wildman–Crippen MR) is 83.0 cm³/mol. The van der Waals surface area contributed by atoms with E-state index in [4.69, 9.17) is 4.74 Å². The Morgan fingerprint density at radius 2 is 1.80 bits per heavy atom. The van der Waals surface area contributed by atoms with Crippen LogP contribution >= 0.6 is 0 Å². The lowest BCUT2D eigenvalue weighted by Gasteiger charge is -2.37. The maximum absolute atomic E-state index is 12.7. The van der Waals surface area contributed by atoms with Gasteiger partial charge in [0.2, 0.25) is 5.95 Å². The standard InChI is InChI=1S/C15H20F3N5O2/c16-15(17,18)12-1-4-19-13(21-12)20-11-2-5-22(6-3-11)14(24)23-7-9-25-10-8-23/h1,4,11H,2-3,5-10H2,(H,19,20,21). The summed E-state index contributed by atoms with van der Waals surface area (Å²) in [6, 6.07) is 0.781. The smallest absolute Gasteiger partial charge is 0.378 e. The van der Waals surface area contributed by atoms with Gasteiger partial charge in [-0.05, 0) is 18.9 Å². The topological polar surface area (TPSA) is 70.6 Å². The van der Waals surface area contributed by atoms with E-state index in [0.717, 1.165) is 12.3 Å². The number of piperidine rings is 1. The highest BCUT2D eigenvalue weighted by molar-refractivity contribution is 5.74. The molecule has 2 aliphatic heterocycles. The predicted octanol–water partition coefficient (Wildman–Crippen LogP) is 1.82. The van der Waals surface area contributed by atoms with E-state index in [1.807, 2.05) is 0 Å². The van der Waals surface area contributed by atoms with E-state index in [-0.39, 0.29) is 18.0 Å². The number of hydrogen-bond donors (Lipinski definition) is 1. The van der Waals surface area contributed by atoms with Gasteiger partial charge >= 0.3 is 12.2 Å². The molecule has 0 bridgehead atoms. The van der Waals surface area contributed by atoms with Gasteiger partial charge in [-0.25, -0.2) is 14.8 Å². The number of halogens is 3. The second-order valence-electron chi connectivity index (χ2n) is 6.05. The van der Waals surface area contributed by atoms with Crippen LogP contribution in [0.4, 0.5) is 23.9 Å². The molecule has 0 radical (unpaired) electrons. The van der Waals surface area contributed by atoms with Gasteiger partial charge < -0.3 is 19.9 Å². The Hall–Kier alpha value is -2.10. The molecule has 2 saturated heterocycles. The minimum atomic E-state index is -4.49. The summed E-state index contributed by atoms with van der Waals surface area (Å²) < 4.78 is 43.3. The summed E-state index contributed by atoms with van der Waals surface area (Å²) in [6.07, 6.45) is -2.13. The number of nitrogens with zero attached hydrogens (tertiary/aromatic N) is 4. The van der Waals surface area contributed by atoms with E-state index in [2.05, 4.69) is 15.3 Å². The summed E-state index contributed by atoms with van der Waals surface area (Å²) in [5.74, 6) is -0.0345. The molecule has 1 aromatic rings. The lowest BCUT2D eigenvalue weighted by atomic mass is 10.1. The summed E-state index contributed by atoms with van der Waals surface area (Å²) in [5, 5.41) is 2.94. The maximum atomic E-state index is 12.7. The number of nitrogens with one attached hydrogen (secondary N) is 1. The molecule has 25 heavy (non-hydrogen) atoms. The average molecular weight is 359 g/mol. The first kappa shape index (κ1) is 17.7. The Morgan fingerprint density at radius 1 is 1.16 bits per heavy atom. The summed E-state index contributed by atoms with van der Waals surface area (Å²) in [4.78, 5) is 23.3. The van der Waals surface area contributed by atoms with Crippen LogP contribution in [0.25, 0.3) is 0 Å². The zero-order chi connectivity index (χ0) is 17.9. The third kappa shape index (κ3) is 4.50. The summed E-state index contributed by atoms with van der Waals surface area (Å²) >= 11 is 0. The van der Waals surface area contributed by atoms with Crippen LogP contribution in [0.5, 0.6) is 0 Å². The fourth-order valence-electron chi connectivity index (χ4n) is 2.94. The van der Waals surface area contributed by atoms with Gasteiger partial charge in [0, 0.05) is 38.4 Å². The Labute approximate surface area is 143 Å². The largest absolute Gasteiger partial charge is 0.433 e. The fraction of sp³-hybridized carbons (Fsp3) is 0.667. The number of aromatic nitrogens is 2. The molecule has 1 N–H and O–H groups in total. The van der Waals surface area contributed by atoms with Gasteiger partial charge in [0.05, 0.1) is 13.2 Å². The molecule has 3 rings (SSSR count). The second-order valence-corrected chi connectivity index (χ2v) is 6.05. The molecule has 0 saturated carbocycles. The molecule has 3 heterocycles. The third-order valence-corrected chi connectivity index (χ3v) is 4.33. The van der Waals surface area contributed by atoms with Gasteiger partial charge in [-0.1, -0.05) is 0 Å². The second kappa shape index (κ2) is 7.42. The molecule has 138 valence electrons. The summed E-state index contributed by atoms with van der Waals surface area (Å²) in [6.45, 7) is 3.39. The van der Waals surface area contributed by atoms with Crippen molar-refractivity contribution >= 4 is 12.0 Å². The number of likely N-dealkylation sites (tertiary alicyclic amines) is 1. The monoisotopic (exact) mass is 359 g/mol. The molecule has 2 aliphatic rings. The zero-order valence-electron chi connectivity index (χ0n) is 13.6. The van der Waals surface area contributed by atoms with E-state index in [1.54, 1.807) is 9.80 Å². The molecule has 1 aromatic heterocycles. The quantitative estimate of drug-likeness (QED) is 0.872. The number of alkyl halides is 3. The van der Waals surface area contributed by atoms with Gasteiger partial charge in [-0.15, -0.1) is 0 Å². The highest BCUT2D eigenvalue weighted by atomic mass is 19.4. The van der Waals surface area contributed by atoms with Gasteiger partial charge in [0.15, 0.2) is 0 Å². The van der Waals surface area contributed by atoms with Gasteiger partial charge in [-0.2, -0.15) is 13.2 Å². The summed E-state index contributed by atoms with van der Waals surface area (Å²) in [5.41, 5.74) is -0.968. The van der Waals surface area contributed by atoms with Gasteiger partial charge in [0.1, 0.15) is 5.69 Å². The molecule has 0 atom stereocenters. The molecular formula is C15H20F3N5O2. The van der Waals surface area contributed by atoms with Crippen molar-refractivity contribution in [3.63, 3.8) is 0 Å². The normalized spacial score (nSPS) is 19.8. The number of rotatable bonds is 2. The van der Waals surface area contributed by atoms with Gasteiger partial charge in [0.25, 0.3) is 0 Å². The number of hydrogen-bond acceptors (Lipinski definition) is 5. The van der Waals surface area contributed by atoms with Crippen LogP contribution in [0.15, 0.2) is 12.3 Å². The van der Waals surface area contributed by atoms with E-state index in [9.17, 15) is 18.0 Å². The minimum Gasteiger partial charge on any atom is -0.378 e. The maximum Gasteiger partial charge on any atom is 0.433 e. The van der Waals surface area contributed by atoms with Gasteiger partial charge in [-0.3, -0.25) is 0 Å². The van der Waals surface area contributed by atoms with Crippen molar-refractivity contribution in [2.24, 2.45) is 0 Å². The van der Waals surface area contributed by atoms with Crippen LogP contribution in [0.1, 0.15) is 18.5 Å². The number of ether oxygens (including phenoxy) is 1. The van der Waals surface area contributed by atoms with Crippen LogP contribution in [0, 0.1) is 0 Å².